The lowest BCUT2D eigenvalue weighted by atomic mass is 9.96. The second-order valence-electron chi connectivity index (χ2n) is 8.09. The molecule has 1 N–H and O–H groups in total. The third-order valence-electron chi connectivity index (χ3n) is 5.61. The van der Waals surface area contributed by atoms with Gasteiger partial charge in [-0.15, -0.1) is 24.8 Å². The molecule has 0 saturated heterocycles. The van der Waals surface area contributed by atoms with E-state index in [2.05, 4.69) is 4.98 Å². The highest BCUT2D eigenvalue weighted by Crippen LogP contribution is 2.41. The minimum Gasteiger partial charge on any atom is -0.507 e. The van der Waals surface area contributed by atoms with Crippen molar-refractivity contribution in [1.29, 1.82) is 0 Å². The van der Waals surface area contributed by atoms with Crippen molar-refractivity contribution in [3.8, 4) is 16.9 Å². The molecular weight excluding hydrogens is 475 g/mol. The van der Waals surface area contributed by atoms with E-state index in [0.717, 1.165) is 22.3 Å². The van der Waals surface area contributed by atoms with Crippen molar-refractivity contribution in [3.05, 3.63) is 71.9 Å². The Bertz CT molecular complexity index is 1250. The normalized spacial score (nSPS) is 10.7. The number of esters is 1. The largest absolute Gasteiger partial charge is 0.507 e. The molecule has 34 heavy (non-hydrogen) atoms. The SMILES string of the molecule is CCOC(=O)c1c(CN(C)C)n(C)c2cc(-c3ccccc3)c(O)c(Cn3ccnc3)c12.Cl.Cl. The summed E-state index contributed by atoms with van der Waals surface area (Å²) in [6, 6.07) is 11.7. The molecule has 2 aromatic heterocycles. The van der Waals surface area contributed by atoms with E-state index in [1.165, 1.54) is 0 Å². The molecule has 7 nitrogen and oxygen atoms in total. The summed E-state index contributed by atoms with van der Waals surface area (Å²) in [6.45, 7) is 3.01. The number of halogens is 2. The molecule has 0 saturated carbocycles. The number of phenols is 1. The molecule has 9 heteroatoms. The number of aromatic nitrogens is 3. The Morgan fingerprint density at radius 3 is 2.47 bits per heavy atom. The van der Waals surface area contributed by atoms with Crippen LogP contribution in [-0.4, -0.2) is 50.8 Å². The summed E-state index contributed by atoms with van der Waals surface area (Å²) in [7, 11) is 5.88. The summed E-state index contributed by atoms with van der Waals surface area (Å²) in [6.07, 6.45) is 5.24. The molecule has 0 aliphatic carbocycles. The third kappa shape index (κ3) is 5.06. The second kappa shape index (κ2) is 11.4. The van der Waals surface area contributed by atoms with Crippen LogP contribution in [0.25, 0.3) is 22.0 Å². The smallest absolute Gasteiger partial charge is 0.340 e. The number of carbonyl (C=O) groups excluding carboxylic acids is 1. The minimum atomic E-state index is -0.381. The number of hydrogen-bond acceptors (Lipinski definition) is 5. The van der Waals surface area contributed by atoms with E-state index >= 15 is 0 Å². The van der Waals surface area contributed by atoms with Crippen molar-refractivity contribution < 1.29 is 14.6 Å². The standard InChI is InChI=1S/C25H28N4O3.2ClH/c1-5-32-25(31)23-21(15-27(2)3)28(4)20-13-18(17-9-7-6-8-10-17)24(30)19(22(20)23)14-29-12-11-26-16-29;;/h6-13,16,30H,5,14-15H2,1-4H3;2*1H. The van der Waals surface area contributed by atoms with Gasteiger partial charge in [0.1, 0.15) is 5.75 Å². The van der Waals surface area contributed by atoms with Crippen molar-refractivity contribution >= 4 is 41.7 Å². The summed E-state index contributed by atoms with van der Waals surface area (Å²) in [5.41, 5.74) is 4.52. The number of rotatable bonds is 7. The van der Waals surface area contributed by atoms with Crippen LogP contribution in [0.1, 0.15) is 28.5 Å². The molecule has 2 aromatic carbocycles. The molecule has 0 spiro atoms. The lowest BCUT2D eigenvalue weighted by molar-refractivity contribution is 0.0526. The number of imidazole rings is 1. The molecular formula is C25H30Cl2N4O3. The molecule has 0 aliphatic rings. The third-order valence-corrected chi connectivity index (χ3v) is 5.61. The molecule has 0 amide bonds. The Hall–Kier alpha value is -3.00. The van der Waals surface area contributed by atoms with Crippen LogP contribution in [-0.2, 0) is 24.9 Å². The number of benzene rings is 2. The van der Waals surface area contributed by atoms with E-state index in [1.54, 1.807) is 19.4 Å². The highest BCUT2D eigenvalue weighted by molar-refractivity contribution is 6.09. The predicted octanol–water partition coefficient (Wildman–Crippen LogP) is 4.88. The molecule has 2 heterocycles. The number of aryl methyl sites for hydroxylation is 1. The summed E-state index contributed by atoms with van der Waals surface area (Å²) >= 11 is 0. The molecule has 0 bridgehead atoms. The number of nitrogens with zero attached hydrogens (tertiary/aromatic N) is 4. The lowest BCUT2D eigenvalue weighted by Gasteiger charge is -2.14. The van der Waals surface area contributed by atoms with Gasteiger partial charge in [-0.1, -0.05) is 30.3 Å². The Kier molecular flexibility index (Phi) is 9.15. The van der Waals surface area contributed by atoms with Gasteiger partial charge in [-0.3, -0.25) is 0 Å². The number of ether oxygens (including phenoxy) is 1. The Morgan fingerprint density at radius 2 is 1.88 bits per heavy atom. The zero-order valence-corrected chi connectivity index (χ0v) is 21.3. The zero-order valence-electron chi connectivity index (χ0n) is 19.7. The van der Waals surface area contributed by atoms with Gasteiger partial charge in [0, 0.05) is 48.2 Å². The van der Waals surface area contributed by atoms with Gasteiger partial charge in [0.15, 0.2) is 0 Å². The van der Waals surface area contributed by atoms with Crippen molar-refractivity contribution in [2.75, 3.05) is 20.7 Å². The molecule has 0 radical (unpaired) electrons. The quantitative estimate of drug-likeness (QED) is 0.363. The molecule has 4 aromatic rings. The molecule has 182 valence electrons. The highest BCUT2D eigenvalue weighted by atomic mass is 35.5. The van der Waals surface area contributed by atoms with E-state index in [1.807, 2.05) is 77.8 Å². The van der Waals surface area contributed by atoms with Crippen LogP contribution in [0.2, 0.25) is 0 Å². The first-order valence-electron chi connectivity index (χ1n) is 10.6. The first-order chi connectivity index (χ1) is 15.4. The fourth-order valence-corrected chi connectivity index (χ4v) is 4.18. The van der Waals surface area contributed by atoms with E-state index in [9.17, 15) is 9.90 Å². The fourth-order valence-electron chi connectivity index (χ4n) is 4.18. The average Bonchev–Trinajstić information content (AvgIpc) is 3.37. The van der Waals surface area contributed by atoms with Gasteiger partial charge in [-0.25, -0.2) is 9.78 Å². The zero-order chi connectivity index (χ0) is 22.8. The summed E-state index contributed by atoms with van der Waals surface area (Å²) < 4.78 is 9.36. The van der Waals surface area contributed by atoms with Crippen LogP contribution in [0, 0.1) is 0 Å². The first kappa shape index (κ1) is 27.2. The van der Waals surface area contributed by atoms with E-state index < -0.39 is 0 Å². The minimum absolute atomic E-state index is 0. The van der Waals surface area contributed by atoms with Crippen LogP contribution in [0.3, 0.4) is 0 Å². The second-order valence-corrected chi connectivity index (χ2v) is 8.09. The van der Waals surface area contributed by atoms with Crippen LogP contribution in [0.4, 0.5) is 0 Å². The van der Waals surface area contributed by atoms with Crippen LogP contribution >= 0.6 is 24.8 Å². The van der Waals surface area contributed by atoms with Gasteiger partial charge in [0.2, 0.25) is 0 Å². The molecule has 0 fully saturated rings. The monoisotopic (exact) mass is 504 g/mol. The van der Waals surface area contributed by atoms with Gasteiger partial charge in [0.25, 0.3) is 0 Å². The Morgan fingerprint density at radius 1 is 1.18 bits per heavy atom. The first-order valence-corrected chi connectivity index (χ1v) is 10.6. The number of hydrogen-bond donors (Lipinski definition) is 1. The highest BCUT2D eigenvalue weighted by Gasteiger charge is 2.28. The maximum absolute atomic E-state index is 13.1. The molecule has 0 atom stereocenters. The van der Waals surface area contributed by atoms with Crippen molar-refractivity contribution in [2.45, 2.75) is 20.0 Å². The van der Waals surface area contributed by atoms with Crippen LogP contribution in [0.15, 0.2) is 55.1 Å². The topological polar surface area (TPSA) is 72.5 Å². The van der Waals surface area contributed by atoms with Gasteiger partial charge in [0.05, 0.1) is 30.6 Å². The maximum Gasteiger partial charge on any atom is 0.340 e. The van der Waals surface area contributed by atoms with Crippen molar-refractivity contribution in [1.82, 2.24) is 19.0 Å². The van der Waals surface area contributed by atoms with Crippen LogP contribution in [0.5, 0.6) is 5.75 Å². The van der Waals surface area contributed by atoms with Gasteiger partial charge in [-0.2, -0.15) is 0 Å². The molecule has 4 rings (SSSR count). The van der Waals surface area contributed by atoms with Gasteiger partial charge in [-0.05, 0) is 32.6 Å². The molecule has 0 unspecified atom stereocenters. The van der Waals surface area contributed by atoms with Crippen molar-refractivity contribution in [3.63, 3.8) is 0 Å². The van der Waals surface area contributed by atoms with E-state index in [0.29, 0.717) is 29.6 Å². The summed E-state index contributed by atoms with van der Waals surface area (Å²) in [4.78, 5) is 19.3. The number of fused-ring (bicyclic) bond motifs is 1. The maximum atomic E-state index is 13.1. The van der Waals surface area contributed by atoms with Gasteiger partial charge < -0.3 is 23.9 Å². The van der Waals surface area contributed by atoms with Gasteiger partial charge >= 0.3 is 5.97 Å². The van der Waals surface area contributed by atoms with E-state index in [4.69, 9.17) is 4.74 Å². The molecule has 0 aliphatic heterocycles. The van der Waals surface area contributed by atoms with Crippen molar-refractivity contribution in [2.24, 2.45) is 7.05 Å². The summed E-state index contributed by atoms with van der Waals surface area (Å²) in [5.74, 6) is -0.223. The number of phenolic OH excluding ortho intramolecular Hbond substituents is 1. The van der Waals surface area contributed by atoms with Crippen LogP contribution < -0.4 is 0 Å². The lowest BCUT2D eigenvalue weighted by Crippen LogP contribution is -2.17. The Labute approximate surface area is 211 Å². The fraction of sp³-hybridized carbons (Fsp3) is 0.280. The average molecular weight is 505 g/mol. The predicted molar refractivity (Wildman–Crippen MR) is 139 cm³/mol. The number of carbonyl (C=O) groups is 1. The summed E-state index contributed by atoms with van der Waals surface area (Å²) in [5, 5.41) is 12.2. The van der Waals surface area contributed by atoms with E-state index in [-0.39, 0.29) is 43.1 Å². The Balaban J connectivity index is 0.00000204. The number of aromatic hydroxyl groups is 1.